The van der Waals surface area contributed by atoms with Gasteiger partial charge in [0.15, 0.2) is 17.5 Å². The summed E-state index contributed by atoms with van der Waals surface area (Å²) in [7, 11) is 0. The van der Waals surface area contributed by atoms with Gasteiger partial charge in [-0.1, -0.05) is 0 Å². The van der Waals surface area contributed by atoms with Gasteiger partial charge in [-0.15, -0.1) is 0 Å². The molecule has 0 heterocycles. The van der Waals surface area contributed by atoms with E-state index in [1.807, 2.05) is 5.32 Å². The monoisotopic (exact) mass is 247 g/mol. The molecule has 4 nitrogen and oxygen atoms in total. The third-order valence-electron chi connectivity index (χ3n) is 1.96. The SMILES string of the molecule is C[C@H](NC(=O)c1cc(F)c(F)c(F)c1)C(=O)O. The van der Waals surface area contributed by atoms with E-state index in [2.05, 4.69) is 0 Å². The van der Waals surface area contributed by atoms with Crippen LogP contribution in [0.3, 0.4) is 0 Å². The molecule has 0 saturated heterocycles. The fourth-order valence-corrected chi connectivity index (χ4v) is 1.03. The number of amides is 1. The van der Waals surface area contributed by atoms with Gasteiger partial charge >= 0.3 is 5.97 Å². The third kappa shape index (κ3) is 2.96. The summed E-state index contributed by atoms with van der Waals surface area (Å²) in [5.41, 5.74) is -0.491. The lowest BCUT2D eigenvalue weighted by Gasteiger charge is -2.09. The van der Waals surface area contributed by atoms with E-state index in [4.69, 9.17) is 5.11 Å². The highest BCUT2D eigenvalue weighted by Gasteiger charge is 2.18. The number of carbonyl (C=O) groups excluding carboxylic acids is 1. The number of rotatable bonds is 3. The largest absolute Gasteiger partial charge is 0.480 e. The molecule has 0 radical (unpaired) electrons. The molecule has 1 aromatic rings. The summed E-state index contributed by atoms with van der Waals surface area (Å²) in [4.78, 5) is 21.8. The molecule has 0 spiro atoms. The average Bonchev–Trinajstić information content (AvgIpc) is 2.24. The first-order valence-electron chi connectivity index (χ1n) is 4.51. The van der Waals surface area contributed by atoms with Crippen molar-refractivity contribution < 1.29 is 27.9 Å². The summed E-state index contributed by atoms with van der Waals surface area (Å²) in [6, 6.07) is -0.247. The van der Waals surface area contributed by atoms with Crippen LogP contribution < -0.4 is 5.32 Å². The Morgan fingerprint density at radius 3 is 2.12 bits per heavy atom. The Kier molecular flexibility index (Phi) is 3.72. The summed E-state index contributed by atoms with van der Waals surface area (Å²) < 4.78 is 38.2. The lowest BCUT2D eigenvalue weighted by molar-refractivity contribution is -0.138. The lowest BCUT2D eigenvalue weighted by Crippen LogP contribution is -2.38. The topological polar surface area (TPSA) is 66.4 Å². The van der Waals surface area contributed by atoms with E-state index < -0.39 is 40.9 Å². The predicted octanol–water partition coefficient (Wildman–Crippen LogP) is 1.31. The molecular weight excluding hydrogens is 239 g/mol. The Morgan fingerprint density at radius 2 is 1.71 bits per heavy atom. The van der Waals surface area contributed by atoms with Gasteiger partial charge in [0.25, 0.3) is 5.91 Å². The van der Waals surface area contributed by atoms with Crippen molar-refractivity contribution >= 4 is 11.9 Å². The van der Waals surface area contributed by atoms with Crippen molar-refractivity contribution in [3.63, 3.8) is 0 Å². The molecule has 17 heavy (non-hydrogen) atoms. The standard InChI is InChI=1S/C10H8F3NO3/c1-4(10(16)17)14-9(15)5-2-6(11)8(13)7(12)3-5/h2-4H,1H3,(H,14,15)(H,16,17)/t4-/m0/s1. The Balaban J connectivity index is 2.94. The van der Waals surface area contributed by atoms with Crippen LogP contribution in [0.15, 0.2) is 12.1 Å². The van der Waals surface area contributed by atoms with Crippen molar-refractivity contribution in [2.75, 3.05) is 0 Å². The van der Waals surface area contributed by atoms with Gasteiger partial charge in [-0.3, -0.25) is 9.59 Å². The molecule has 1 rings (SSSR count). The molecule has 0 bridgehead atoms. The highest BCUT2D eigenvalue weighted by molar-refractivity contribution is 5.96. The maximum atomic E-state index is 12.8. The van der Waals surface area contributed by atoms with Crippen LogP contribution in [-0.2, 0) is 4.79 Å². The number of hydrogen-bond acceptors (Lipinski definition) is 2. The van der Waals surface area contributed by atoms with E-state index in [0.29, 0.717) is 12.1 Å². The fraction of sp³-hybridized carbons (Fsp3) is 0.200. The van der Waals surface area contributed by atoms with Gasteiger partial charge in [0.2, 0.25) is 0 Å². The van der Waals surface area contributed by atoms with Gasteiger partial charge in [0.1, 0.15) is 6.04 Å². The summed E-state index contributed by atoms with van der Waals surface area (Å²) in [6.45, 7) is 1.18. The summed E-state index contributed by atoms with van der Waals surface area (Å²) in [6.07, 6.45) is 0. The number of carboxylic acids is 1. The summed E-state index contributed by atoms with van der Waals surface area (Å²) >= 11 is 0. The maximum absolute atomic E-state index is 12.8. The highest BCUT2D eigenvalue weighted by atomic mass is 19.2. The number of carbonyl (C=O) groups is 2. The predicted molar refractivity (Wildman–Crippen MR) is 50.9 cm³/mol. The zero-order valence-electron chi connectivity index (χ0n) is 8.63. The van der Waals surface area contributed by atoms with Crippen molar-refractivity contribution in [2.45, 2.75) is 13.0 Å². The molecule has 0 aliphatic heterocycles. The van der Waals surface area contributed by atoms with E-state index in [-0.39, 0.29) is 0 Å². The molecule has 0 fully saturated rings. The first kappa shape index (κ1) is 13.0. The minimum Gasteiger partial charge on any atom is -0.480 e. The van der Waals surface area contributed by atoms with E-state index in [0.717, 1.165) is 0 Å². The molecular formula is C10H8F3NO3. The van der Waals surface area contributed by atoms with E-state index in [1.54, 1.807) is 0 Å². The highest BCUT2D eigenvalue weighted by Crippen LogP contribution is 2.13. The van der Waals surface area contributed by atoms with E-state index in [9.17, 15) is 22.8 Å². The van der Waals surface area contributed by atoms with Crippen LogP contribution in [0.2, 0.25) is 0 Å². The van der Waals surface area contributed by atoms with Gasteiger partial charge in [-0.05, 0) is 19.1 Å². The smallest absolute Gasteiger partial charge is 0.325 e. The second-order valence-corrected chi connectivity index (χ2v) is 3.29. The number of halogens is 3. The minimum absolute atomic E-state index is 0.488. The summed E-state index contributed by atoms with van der Waals surface area (Å²) in [5, 5.41) is 10.5. The van der Waals surface area contributed by atoms with Gasteiger partial charge in [0, 0.05) is 5.56 Å². The van der Waals surface area contributed by atoms with Gasteiger partial charge in [-0.2, -0.15) is 0 Å². The Hall–Kier alpha value is -2.05. The molecule has 7 heteroatoms. The van der Waals surface area contributed by atoms with Crippen LogP contribution in [0.4, 0.5) is 13.2 Å². The second-order valence-electron chi connectivity index (χ2n) is 3.29. The Labute approximate surface area is 94.1 Å². The van der Waals surface area contributed by atoms with Gasteiger partial charge in [-0.25, -0.2) is 13.2 Å². The Bertz CT molecular complexity index is 453. The Morgan fingerprint density at radius 1 is 1.24 bits per heavy atom. The van der Waals surface area contributed by atoms with Crippen molar-refractivity contribution in [3.8, 4) is 0 Å². The van der Waals surface area contributed by atoms with Crippen molar-refractivity contribution in [3.05, 3.63) is 35.1 Å². The first-order valence-corrected chi connectivity index (χ1v) is 4.51. The van der Waals surface area contributed by atoms with Crippen molar-refractivity contribution in [1.29, 1.82) is 0 Å². The first-order chi connectivity index (χ1) is 7.82. The fourth-order valence-electron chi connectivity index (χ4n) is 1.03. The van der Waals surface area contributed by atoms with Crippen molar-refractivity contribution in [1.82, 2.24) is 5.32 Å². The molecule has 0 aromatic heterocycles. The van der Waals surface area contributed by atoms with Crippen LogP contribution in [0, 0.1) is 17.5 Å². The molecule has 0 saturated carbocycles. The lowest BCUT2D eigenvalue weighted by atomic mass is 10.2. The molecule has 0 aliphatic carbocycles. The average molecular weight is 247 g/mol. The summed E-state index contributed by atoms with van der Waals surface area (Å²) in [5.74, 6) is -7.02. The molecule has 1 atom stereocenters. The minimum atomic E-state index is -1.69. The van der Waals surface area contributed by atoms with Crippen LogP contribution >= 0.6 is 0 Å². The van der Waals surface area contributed by atoms with Crippen LogP contribution in [-0.4, -0.2) is 23.0 Å². The zero-order chi connectivity index (χ0) is 13.2. The van der Waals surface area contributed by atoms with Gasteiger partial charge < -0.3 is 10.4 Å². The van der Waals surface area contributed by atoms with Crippen molar-refractivity contribution in [2.24, 2.45) is 0 Å². The zero-order valence-corrected chi connectivity index (χ0v) is 8.63. The second kappa shape index (κ2) is 4.86. The van der Waals surface area contributed by atoms with Crippen LogP contribution in [0.5, 0.6) is 0 Å². The van der Waals surface area contributed by atoms with Crippen LogP contribution in [0.1, 0.15) is 17.3 Å². The molecule has 0 unspecified atom stereocenters. The molecule has 0 aliphatic rings. The normalized spacial score (nSPS) is 12.0. The molecule has 2 N–H and O–H groups in total. The quantitative estimate of drug-likeness (QED) is 0.791. The number of nitrogens with one attached hydrogen (secondary N) is 1. The number of hydrogen-bond donors (Lipinski definition) is 2. The number of aliphatic carboxylic acids is 1. The maximum Gasteiger partial charge on any atom is 0.325 e. The molecule has 1 aromatic carbocycles. The van der Waals surface area contributed by atoms with Crippen LogP contribution in [0.25, 0.3) is 0 Å². The number of benzene rings is 1. The number of carboxylic acid groups (broad SMARTS) is 1. The van der Waals surface area contributed by atoms with Gasteiger partial charge in [0.05, 0.1) is 0 Å². The van der Waals surface area contributed by atoms with E-state index >= 15 is 0 Å². The molecule has 1 amide bonds. The molecule has 92 valence electrons. The van der Waals surface area contributed by atoms with E-state index in [1.165, 1.54) is 6.92 Å². The third-order valence-corrected chi connectivity index (χ3v) is 1.96.